The molecule has 0 aromatic rings. The molecule has 15 heavy (non-hydrogen) atoms. The molecule has 0 aliphatic carbocycles. The summed E-state index contributed by atoms with van der Waals surface area (Å²) in [5.41, 5.74) is 0. The highest BCUT2D eigenvalue weighted by molar-refractivity contribution is 7.85. The minimum Gasteiger partial charge on any atom is -0.396 e. The minimum atomic E-state index is -0.667. The first-order chi connectivity index (χ1) is 7.22. The molecule has 1 rings (SSSR count). The summed E-state index contributed by atoms with van der Waals surface area (Å²) in [4.78, 5) is 11.4. The van der Waals surface area contributed by atoms with Crippen LogP contribution in [0.15, 0.2) is 0 Å². The number of rotatable bonds is 5. The molecule has 2 N–H and O–H groups in total. The van der Waals surface area contributed by atoms with Gasteiger partial charge in [0.05, 0.1) is 0 Å². The topological polar surface area (TPSA) is 66.4 Å². The molecule has 0 atom stereocenters. The van der Waals surface area contributed by atoms with Crippen molar-refractivity contribution in [2.24, 2.45) is 0 Å². The van der Waals surface area contributed by atoms with Crippen LogP contribution in [0.5, 0.6) is 0 Å². The molecule has 0 radical (unpaired) electrons. The third kappa shape index (κ3) is 5.28. The van der Waals surface area contributed by atoms with E-state index in [9.17, 15) is 9.00 Å². The number of amides is 1. The van der Waals surface area contributed by atoms with Crippen LogP contribution in [0.4, 0.5) is 0 Å². The normalized spacial score (nSPS) is 26.2. The number of aliphatic hydroxyl groups excluding tert-OH is 1. The second-order valence-corrected chi connectivity index (χ2v) is 5.57. The lowest BCUT2D eigenvalue weighted by molar-refractivity contribution is -0.122. The summed E-state index contributed by atoms with van der Waals surface area (Å²) in [5, 5.41) is 11.5. The molecule has 0 bridgehead atoms. The lowest BCUT2D eigenvalue weighted by Crippen LogP contribution is -2.39. The number of aliphatic hydroxyl groups is 1. The van der Waals surface area contributed by atoms with Gasteiger partial charge in [-0.3, -0.25) is 9.00 Å². The molecule has 4 nitrogen and oxygen atoms in total. The van der Waals surface area contributed by atoms with E-state index in [0.29, 0.717) is 24.3 Å². The van der Waals surface area contributed by atoms with Crippen LogP contribution < -0.4 is 5.32 Å². The smallest absolute Gasteiger partial charge is 0.220 e. The maximum Gasteiger partial charge on any atom is 0.220 e. The van der Waals surface area contributed by atoms with Gasteiger partial charge in [0.2, 0.25) is 5.91 Å². The molecule has 0 saturated carbocycles. The number of carbonyl (C=O) groups is 1. The fourth-order valence-electron chi connectivity index (χ4n) is 1.64. The number of hydrogen-bond donors (Lipinski definition) is 2. The van der Waals surface area contributed by atoms with Gasteiger partial charge in [0.15, 0.2) is 0 Å². The van der Waals surface area contributed by atoms with E-state index in [1.165, 1.54) is 0 Å². The van der Waals surface area contributed by atoms with Crippen molar-refractivity contribution in [3.05, 3.63) is 0 Å². The molecule has 1 aliphatic rings. The van der Waals surface area contributed by atoms with Gasteiger partial charge < -0.3 is 10.4 Å². The zero-order chi connectivity index (χ0) is 11.1. The van der Waals surface area contributed by atoms with Crippen molar-refractivity contribution >= 4 is 16.7 Å². The Morgan fingerprint density at radius 1 is 1.33 bits per heavy atom. The average Bonchev–Trinajstić information content (AvgIpc) is 2.22. The largest absolute Gasteiger partial charge is 0.396 e. The van der Waals surface area contributed by atoms with Crippen molar-refractivity contribution in [3.8, 4) is 0 Å². The van der Waals surface area contributed by atoms with Gasteiger partial charge in [-0.2, -0.15) is 0 Å². The van der Waals surface area contributed by atoms with E-state index in [1.807, 2.05) is 0 Å². The summed E-state index contributed by atoms with van der Waals surface area (Å²) in [6.45, 7) is 0.149. The first-order valence-electron chi connectivity index (χ1n) is 5.47. The maximum atomic E-state index is 11.4. The van der Waals surface area contributed by atoms with Crippen LogP contribution in [0.25, 0.3) is 0 Å². The predicted molar refractivity (Wildman–Crippen MR) is 60.0 cm³/mol. The Labute approximate surface area is 92.9 Å². The summed E-state index contributed by atoms with van der Waals surface area (Å²) < 4.78 is 11.1. The molecule has 1 aliphatic heterocycles. The van der Waals surface area contributed by atoms with E-state index in [2.05, 4.69) is 5.32 Å². The molecule has 1 saturated heterocycles. The van der Waals surface area contributed by atoms with Crippen LogP contribution in [-0.2, 0) is 15.6 Å². The lowest BCUT2D eigenvalue weighted by Gasteiger charge is -2.22. The highest BCUT2D eigenvalue weighted by Crippen LogP contribution is 2.09. The fraction of sp³-hybridized carbons (Fsp3) is 0.900. The third-order valence-electron chi connectivity index (χ3n) is 2.57. The molecule has 0 aromatic heterocycles. The Morgan fingerprint density at radius 3 is 2.60 bits per heavy atom. The summed E-state index contributed by atoms with van der Waals surface area (Å²) in [6, 6.07) is 0.212. The highest BCUT2D eigenvalue weighted by Gasteiger charge is 2.18. The minimum absolute atomic E-state index is 0.0566. The van der Waals surface area contributed by atoms with Crippen LogP contribution in [0.1, 0.15) is 32.1 Å². The molecule has 0 unspecified atom stereocenters. The van der Waals surface area contributed by atoms with Crippen molar-refractivity contribution in [3.63, 3.8) is 0 Å². The zero-order valence-corrected chi connectivity index (χ0v) is 9.72. The van der Waals surface area contributed by atoms with Gasteiger partial charge in [-0.1, -0.05) is 0 Å². The standard InChI is InChI=1S/C10H19NO3S/c12-6-2-1-3-10(13)11-9-4-7-15(14)8-5-9/h9,12H,1-8H2,(H,11,13). The second kappa shape index (κ2) is 6.95. The maximum absolute atomic E-state index is 11.4. The monoisotopic (exact) mass is 233 g/mol. The van der Waals surface area contributed by atoms with Gasteiger partial charge >= 0.3 is 0 Å². The molecule has 1 fully saturated rings. The van der Waals surface area contributed by atoms with E-state index in [1.54, 1.807) is 0 Å². The Morgan fingerprint density at radius 2 is 2.00 bits per heavy atom. The average molecular weight is 233 g/mol. The van der Waals surface area contributed by atoms with Crippen molar-refractivity contribution in [1.82, 2.24) is 5.32 Å². The molecular formula is C10H19NO3S. The summed E-state index contributed by atoms with van der Waals surface area (Å²) >= 11 is 0. The van der Waals surface area contributed by atoms with Crippen molar-refractivity contribution in [2.45, 2.75) is 38.1 Å². The Bertz CT molecular complexity index is 223. The Balaban J connectivity index is 2.12. The van der Waals surface area contributed by atoms with Gasteiger partial charge in [0.25, 0.3) is 0 Å². The number of carbonyl (C=O) groups excluding carboxylic acids is 1. The van der Waals surface area contributed by atoms with E-state index < -0.39 is 10.8 Å². The number of hydrogen-bond acceptors (Lipinski definition) is 3. The number of unbranched alkanes of at least 4 members (excludes halogenated alkanes) is 1. The highest BCUT2D eigenvalue weighted by atomic mass is 32.2. The Hall–Kier alpha value is -0.420. The predicted octanol–water partition coefficient (Wildman–Crippen LogP) is 0.176. The van der Waals surface area contributed by atoms with Crippen LogP contribution in [0, 0.1) is 0 Å². The summed E-state index contributed by atoms with van der Waals surface area (Å²) in [5.74, 6) is 1.48. The van der Waals surface area contributed by atoms with E-state index >= 15 is 0 Å². The van der Waals surface area contributed by atoms with Crippen molar-refractivity contribution in [2.75, 3.05) is 18.1 Å². The van der Waals surface area contributed by atoms with Gasteiger partial charge in [-0.25, -0.2) is 0 Å². The van der Waals surface area contributed by atoms with Gasteiger partial charge in [-0.05, 0) is 25.7 Å². The van der Waals surface area contributed by atoms with Gasteiger partial charge in [0.1, 0.15) is 0 Å². The van der Waals surface area contributed by atoms with Crippen LogP contribution >= 0.6 is 0 Å². The zero-order valence-electron chi connectivity index (χ0n) is 8.91. The first-order valence-corrected chi connectivity index (χ1v) is 6.96. The lowest BCUT2D eigenvalue weighted by atomic mass is 10.1. The molecule has 0 aromatic carbocycles. The molecule has 88 valence electrons. The van der Waals surface area contributed by atoms with E-state index in [0.717, 1.165) is 19.3 Å². The first kappa shape index (κ1) is 12.6. The van der Waals surface area contributed by atoms with Crippen molar-refractivity contribution < 1.29 is 14.1 Å². The molecule has 1 heterocycles. The quantitative estimate of drug-likeness (QED) is 0.666. The van der Waals surface area contributed by atoms with Gasteiger partial charge in [-0.15, -0.1) is 0 Å². The fourth-order valence-corrected chi connectivity index (χ4v) is 2.93. The van der Waals surface area contributed by atoms with E-state index in [4.69, 9.17) is 5.11 Å². The SMILES string of the molecule is O=C(CCCCO)NC1CCS(=O)CC1. The van der Waals surface area contributed by atoms with E-state index in [-0.39, 0.29) is 18.6 Å². The van der Waals surface area contributed by atoms with Gasteiger partial charge in [0, 0.05) is 41.4 Å². The third-order valence-corrected chi connectivity index (χ3v) is 3.95. The van der Waals surface area contributed by atoms with Crippen LogP contribution in [0.2, 0.25) is 0 Å². The van der Waals surface area contributed by atoms with Crippen molar-refractivity contribution in [1.29, 1.82) is 0 Å². The summed E-state index contributed by atoms with van der Waals surface area (Å²) in [6.07, 6.45) is 3.57. The molecule has 1 amide bonds. The van der Waals surface area contributed by atoms with Crippen LogP contribution in [0.3, 0.4) is 0 Å². The Kier molecular flexibility index (Phi) is 5.86. The molecular weight excluding hydrogens is 214 g/mol. The summed E-state index contributed by atoms with van der Waals surface area (Å²) in [7, 11) is -0.667. The number of nitrogens with one attached hydrogen (secondary N) is 1. The second-order valence-electron chi connectivity index (χ2n) is 3.87. The van der Waals surface area contributed by atoms with Crippen LogP contribution in [-0.4, -0.2) is 39.4 Å². The molecule has 5 heteroatoms. The molecule has 0 spiro atoms.